The van der Waals surface area contributed by atoms with Gasteiger partial charge in [0.05, 0.1) is 6.42 Å². The summed E-state index contributed by atoms with van der Waals surface area (Å²) in [4.78, 5) is 21.2. The van der Waals surface area contributed by atoms with Gasteiger partial charge in [0.25, 0.3) is 0 Å². The molecule has 0 bridgehead atoms. The van der Waals surface area contributed by atoms with Gasteiger partial charge in [-0.25, -0.2) is 4.79 Å². The average molecular weight is 242 g/mol. The number of carboxylic acid groups (broad SMARTS) is 2. The summed E-state index contributed by atoms with van der Waals surface area (Å²) in [5.41, 5.74) is 0.225. The van der Waals surface area contributed by atoms with Crippen LogP contribution in [0.15, 0.2) is 11.6 Å². The third kappa shape index (κ3) is 9.60. The number of hydrogen-bond acceptors (Lipinski definition) is 2. The van der Waals surface area contributed by atoms with Crippen LogP contribution in [0.4, 0.5) is 0 Å². The van der Waals surface area contributed by atoms with Crippen molar-refractivity contribution in [2.45, 2.75) is 58.3 Å². The third-order valence-corrected chi connectivity index (χ3v) is 2.60. The predicted molar refractivity (Wildman–Crippen MR) is 66.0 cm³/mol. The van der Waals surface area contributed by atoms with Gasteiger partial charge in [-0.05, 0) is 12.8 Å². The number of carboxylic acids is 2. The van der Waals surface area contributed by atoms with Crippen LogP contribution in [0.3, 0.4) is 0 Å². The Morgan fingerprint density at radius 2 is 1.59 bits per heavy atom. The largest absolute Gasteiger partial charge is 0.481 e. The molecule has 0 heterocycles. The summed E-state index contributed by atoms with van der Waals surface area (Å²) in [6.45, 7) is 2.15. The van der Waals surface area contributed by atoms with Crippen LogP contribution >= 0.6 is 0 Å². The molecule has 0 aliphatic rings. The number of carbonyl (C=O) groups is 2. The van der Waals surface area contributed by atoms with E-state index in [0.29, 0.717) is 6.42 Å². The number of rotatable bonds is 10. The van der Waals surface area contributed by atoms with Gasteiger partial charge in [0.1, 0.15) is 0 Å². The fraction of sp³-hybridized carbons (Fsp3) is 0.692. The van der Waals surface area contributed by atoms with Gasteiger partial charge in [0.2, 0.25) is 0 Å². The molecule has 0 saturated heterocycles. The summed E-state index contributed by atoms with van der Waals surface area (Å²) in [5.74, 6) is -1.99. The van der Waals surface area contributed by atoms with Crippen molar-refractivity contribution in [1.82, 2.24) is 0 Å². The minimum Gasteiger partial charge on any atom is -0.481 e. The van der Waals surface area contributed by atoms with E-state index in [0.717, 1.165) is 19.3 Å². The van der Waals surface area contributed by atoms with Crippen LogP contribution in [0.2, 0.25) is 0 Å². The molecular weight excluding hydrogens is 220 g/mol. The van der Waals surface area contributed by atoms with Crippen LogP contribution in [-0.2, 0) is 9.59 Å². The fourth-order valence-corrected chi connectivity index (χ4v) is 1.60. The number of aliphatic carboxylic acids is 2. The lowest BCUT2D eigenvalue weighted by Crippen LogP contribution is -2.02. The maximum atomic E-state index is 10.8. The third-order valence-electron chi connectivity index (χ3n) is 2.60. The summed E-state index contributed by atoms with van der Waals surface area (Å²) in [6, 6.07) is 0. The molecule has 98 valence electrons. The minimum atomic E-state index is -1.00. The Morgan fingerprint density at radius 1 is 1.00 bits per heavy atom. The molecule has 0 rings (SSSR count). The van der Waals surface area contributed by atoms with E-state index >= 15 is 0 Å². The molecule has 0 spiro atoms. The van der Waals surface area contributed by atoms with Crippen molar-refractivity contribution >= 4 is 11.9 Å². The second-order valence-corrected chi connectivity index (χ2v) is 4.15. The van der Waals surface area contributed by atoms with Gasteiger partial charge >= 0.3 is 11.9 Å². The maximum absolute atomic E-state index is 10.8. The van der Waals surface area contributed by atoms with Gasteiger partial charge in [0.15, 0.2) is 0 Å². The summed E-state index contributed by atoms with van der Waals surface area (Å²) in [5, 5.41) is 17.3. The maximum Gasteiger partial charge on any atom is 0.331 e. The number of hydrogen-bond donors (Lipinski definition) is 2. The second kappa shape index (κ2) is 9.87. The van der Waals surface area contributed by atoms with Gasteiger partial charge in [0, 0.05) is 5.57 Å². The molecule has 0 aromatic carbocycles. The van der Waals surface area contributed by atoms with Crippen molar-refractivity contribution in [3.05, 3.63) is 11.6 Å². The molecule has 4 nitrogen and oxygen atoms in total. The van der Waals surface area contributed by atoms with Crippen molar-refractivity contribution in [2.24, 2.45) is 0 Å². The molecule has 0 unspecified atom stereocenters. The van der Waals surface area contributed by atoms with Crippen LogP contribution in [0.5, 0.6) is 0 Å². The Kier molecular flexibility index (Phi) is 9.11. The monoisotopic (exact) mass is 242 g/mol. The first kappa shape index (κ1) is 15.7. The van der Waals surface area contributed by atoms with E-state index in [2.05, 4.69) is 6.92 Å². The van der Waals surface area contributed by atoms with Crippen LogP contribution in [0.1, 0.15) is 58.3 Å². The quantitative estimate of drug-likeness (QED) is 0.455. The Balaban J connectivity index is 3.82. The Labute approximate surface area is 102 Å². The van der Waals surface area contributed by atoms with E-state index in [-0.39, 0.29) is 12.0 Å². The van der Waals surface area contributed by atoms with E-state index in [9.17, 15) is 9.59 Å². The standard InChI is InChI=1S/C13H22O4/c1-2-3-4-5-6-7-8-11(13(16)17)9-10-12(14)15/h9H,2-8,10H2,1H3,(H,14,15)(H,16,17)/b11-9-. The Bertz CT molecular complexity index is 269. The smallest absolute Gasteiger partial charge is 0.331 e. The molecule has 0 aliphatic heterocycles. The minimum absolute atomic E-state index is 0.211. The van der Waals surface area contributed by atoms with E-state index in [1.54, 1.807) is 0 Å². The normalized spacial score (nSPS) is 11.5. The summed E-state index contributed by atoms with van der Waals surface area (Å²) in [6.07, 6.45) is 8.12. The summed E-state index contributed by atoms with van der Waals surface area (Å²) >= 11 is 0. The van der Waals surface area contributed by atoms with Gasteiger partial charge in [-0.15, -0.1) is 0 Å². The molecule has 2 N–H and O–H groups in total. The molecule has 0 aromatic heterocycles. The molecule has 0 amide bonds. The molecule has 0 saturated carbocycles. The zero-order valence-corrected chi connectivity index (χ0v) is 10.4. The number of unbranched alkanes of at least 4 members (excludes halogenated alkanes) is 5. The topological polar surface area (TPSA) is 74.6 Å². The van der Waals surface area contributed by atoms with Crippen molar-refractivity contribution in [1.29, 1.82) is 0 Å². The molecule has 0 fully saturated rings. The summed E-state index contributed by atoms with van der Waals surface area (Å²) < 4.78 is 0. The van der Waals surface area contributed by atoms with Crippen molar-refractivity contribution in [3.8, 4) is 0 Å². The summed E-state index contributed by atoms with van der Waals surface area (Å²) in [7, 11) is 0. The van der Waals surface area contributed by atoms with Gasteiger partial charge < -0.3 is 10.2 Å². The first-order valence-electron chi connectivity index (χ1n) is 6.22. The zero-order chi connectivity index (χ0) is 13.1. The highest BCUT2D eigenvalue weighted by atomic mass is 16.4. The lowest BCUT2D eigenvalue weighted by Gasteiger charge is -2.02. The Morgan fingerprint density at radius 3 is 2.12 bits per heavy atom. The van der Waals surface area contributed by atoms with E-state index in [1.807, 2.05) is 0 Å². The predicted octanol–water partition coefficient (Wildman–Crippen LogP) is 3.22. The fourth-order valence-electron chi connectivity index (χ4n) is 1.60. The van der Waals surface area contributed by atoms with Crippen molar-refractivity contribution in [2.75, 3.05) is 0 Å². The first-order chi connectivity index (χ1) is 8.07. The second-order valence-electron chi connectivity index (χ2n) is 4.15. The molecular formula is C13H22O4. The highest BCUT2D eigenvalue weighted by Gasteiger charge is 2.07. The molecule has 0 aromatic rings. The van der Waals surface area contributed by atoms with Crippen LogP contribution in [0, 0.1) is 0 Å². The zero-order valence-electron chi connectivity index (χ0n) is 10.4. The van der Waals surface area contributed by atoms with Gasteiger partial charge in [-0.3, -0.25) is 4.79 Å². The van der Waals surface area contributed by atoms with Crippen LogP contribution in [0.25, 0.3) is 0 Å². The Hall–Kier alpha value is -1.32. The lowest BCUT2D eigenvalue weighted by molar-refractivity contribution is -0.136. The van der Waals surface area contributed by atoms with Crippen LogP contribution in [-0.4, -0.2) is 22.2 Å². The van der Waals surface area contributed by atoms with E-state index in [4.69, 9.17) is 10.2 Å². The highest BCUT2D eigenvalue weighted by molar-refractivity contribution is 5.87. The van der Waals surface area contributed by atoms with Crippen molar-refractivity contribution < 1.29 is 19.8 Å². The lowest BCUT2D eigenvalue weighted by atomic mass is 10.0. The SMILES string of the molecule is CCCCCCCC/C(=C/CC(=O)O)C(=O)O. The van der Waals surface area contributed by atoms with Crippen molar-refractivity contribution in [3.63, 3.8) is 0 Å². The highest BCUT2D eigenvalue weighted by Crippen LogP contribution is 2.12. The van der Waals surface area contributed by atoms with E-state index < -0.39 is 11.9 Å². The molecule has 17 heavy (non-hydrogen) atoms. The van der Waals surface area contributed by atoms with Gasteiger partial charge in [-0.1, -0.05) is 45.1 Å². The van der Waals surface area contributed by atoms with Crippen LogP contribution < -0.4 is 0 Å². The first-order valence-corrected chi connectivity index (χ1v) is 6.22. The van der Waals surface area contributed by atoms with E-state index in [1.165, 1.54) is 25.3 Å². The molecule has 0 aliphatic carbocycles. The molecule has 0 atom stereocenters. The van der Waals surface area contributed by atoms with Gasteiger partial charge in [-0.2, -0.15) is 0 Å². The average Bonchev–Trinajstić information content (AvgIpc) is 2.26. The molecule has 4 heteroatoms. The molecule has 0 radical (unpaired) electrons.